The molecule has 174 valence electrons. The van der Waals surface area contributed by atoms with Crippen molar-refractivity contribution < 1.29 is 9.53 Å². The van der Waals surface area contributed by atoms with Gasteiger partial charge in [-0.15, -0.1) is 0 Å². The van der Waals surface area contributed by atoms with Gasteiger partial charge in [0.15, 0.2) is 0 Å². The van der Waals surface area contributed by atoms with E-state index in [1.165, 1.54) is 21.9 Å². The minimum atomic E-state index is -0.1000. The second-order valence-corrected chi connectivity index (χ2v) is 8.72. The molecule has 2 atom stereocenters. The second-order valence-electron chi connectivity index (χ2n) is 8.72. The highest BCUT2D eigenvalue weighted by Gasteiger charge is 2.38. The molecule has 33 heavy (non-hydrogen) atoms. The van der Waals surface area contributed by atoms with Crippen LogP contribution in [0.1, 0.15) is 31.4 Å². The van der Waals surface area contributed by atoms with Crippen molar-refractivity contribution in [2.24, 2.45) is 0 Å². The van der Waals surface area contributed by atoms with Gasteiger partial charge in [0.25, 0.3) is 0 Å². The summed E-state index contributed by atoms with van der Waals surface area (Å²) in [6.07, 6.45) is 0.815. The molecular weight excluding hydrogens is 410 g/mol. The number of rotatable bonds is 9. The highest BCUT2D eigenvalue weighted by atomic mass is 16.5. The molecule has 0 unspecified atom stereocenters. The lowest BCUT2D eigenvalue weighted by Gasteiger charge is -2.28. The van der Waals surface area contributed by atoms with Gasteiger partial charge in [-0.25, -0.2) is 0 Å². The summed E-state index contributed by atoms with van der Waals surface area (Å²) in [6.45, 7) is 7.95. The molecule has 1 amide bonds. The van der Waals surface area contributed by atoms with E-state index in [0.717, 1.165) is 38.3 Å². The van der Waals surface area contributed by atoms with Crippen molar-refractivity contribution in [1.29, 1.82) is 0 Å². The van der Waals surface area contributed by atoms with Gasteiger partial charge in [-0.2, -0.15) is 0 Å². The molecule has 0 aliphatic carbocycles. The number of amides is 1. The Balaban J connectivity index is 1.53. The molecule has 3 aromatic carbocycles. The van der Waals surface area contributed by atoms with Crippen LogP contribution in [0.5, 0.6) is 5.75 Å². The zero-order valence-electron chi connectivity index (χ0n) is 20.0. The number of ether oxygens (including phenoxy) is 1. The number of likely N-dealkylation sites (tertiary alicyclic amines) is 1. The molecule has 3 aromatic rings. The Hall–Kier alpha value is -2.89. The molecule has 5 nitrogen and oxygen atoms in total. The van der Waals surface area contributed by atoms with Crippen molar-refractivity contribution in [2.75, 3.05) is 26.7 Å². The van der Waals surface area contributed by atoms with Crippen molar-refractivity contribution in [3.63, 3.8) is 0 Å². The van der Waals surface area contributed by atoms with Gasteiger partial charge in [-0.1, -0.05) is 60.7 Å². The first kappa shape index (κ1) is 23.3. The summed E-state index contributed by atoms with van der Waals surface area (Å²) < 4.78 is 5.68. The molecule has 5 heteroatoms. The summed E-state index contributed by atoms with van der Waals surface area (Å²) in [7, 11) is 1.73. The second kappa shape index (κ2) is 10.8. The summed E-state index contributed by atoms with van der Waals surface area (Å²) in [4.78, 5) is 17.6. The molecule has 0 radical (unpaired) electrons. The number of hydrogen-bond acceptors (Lipinski definition) is 4. The average Bonchev–Trinajstić information content (AvgIpc) is 3.26. The van der Waals surface area contributed by atoms with E-state index < -0.39 is 0 Å². The summed E-state index contributed by atoms with van der Waals surface area (Å²) in [5.74, 6) is 1.14. The molecule has 1 aliphatic rings. The molecule has 0 aromatic heterocycles. The maximum absolute atomic E-state index is 13.3. The first-order valence-corrected chi connectivity index (χ1v) is 12.0. The van der Waals surface area contributed by atoms with Gasteiger partial charge in [-0.05, 0) is 42.7 Å². The van der Waals surface area contributed by atoms with E-state index >= 15 is 0 Å². The number of likely N-dealkylation sites (N-methyl/N-ethyl adjacent to an activating group) is 1. The number of carbonyl (C=O) groups excluding carboxylic acids is 1. The minimum absolute atomic E-state index is 0.1000. The third-order valence-electron chi connectivity index (χ3n) is 6.78. The van der Waals surface area contributed by atoms with E-state index in [1.54, 1.807) is 7.11 Å². The van der Waals surface area contributed by atoms with Crippen LogP contribution in [0.15, 0.2) is 66.7 Å². The fourth-order valence-electron chi connectivity index (χ4n) is 4.98. The molecular formula is C28H35N3O2. The molecule has 1 aliphatic heterocycles. The molecule has 1 saturated heterocycles. The summed E-state index contributed by atoms with van der Waals surface area (Å²) >= 11 is 0. The highest BCUT2D eigenvalue weighted by Crippen LogP contribution is 2.29. The van der Waals surface area contributed by atoms with Crippen molar-refractivity contribution in [1.82, 2.24) is 15.1 Å². The van der Waals surface area contributed by atoms with Crippen LogP contribution in [0.2, 0.25) is 0 Å². The van der Waals surface area contributed by atoms with Gasteiger partial charge in [0, 0.05) is 44.3 Å². The van der Waals surface area contributed by atoms with E-state index in [2.05, 4.69) is 78.7 Å². The monoisotopic (exact) mass is 445 g/mol. The highest BCUT2D eigenvalue weighted by molar-refractivity contribution is 5.87. The van der Waals surface area contributed by atoms with Gasteiger partial charge in [-0.3, -0.25) is 9.69 Å². The summed E-state index contributed by atoms with van der Waals surface area (Å²) in [6, 6.07) is 23.1. The molecule has 4 rings (SSSR count). The minimum Gasteiger partial charge on any atom is -0.496 e. The van der Waals surface area contributed by atoms with Crippen LogP contribution >= 0.6 is 0 Å². The number of hydrogen-bond donors (Lipinski definition) is 1. The predicted octanol–water partition coefficient (Wildman–Crippen LogP) is 4.45. The van der Waals surface area contributed by atoms with Crippen LogP contribution < -0.4 is 10.1 Å². The number of nitrogens with one attached hydrogen (secondary N) is 1. The third-order valence-corrected chi connectivity index (χ3v) is 6.78. The standard InChI is InChI=1S/C28H35N3O2/c1-4-30(5-2)28(32)26-17-23(20-31(26)19-21-11-7-6-8-12-21)29-18-25-24-14-10-9-13-22(24)15-16-27(25)33-3/h6-16,23,26,29H,4-5,17-20H2,1-3H3/t23-,26+/m1/s1. The first-order valence-electron chi connectivity index (χ1n) is 12.0. The normalized spacial score (nSPS) is 18.5. The fourth-order valence-corrected chi connectivity index (χ4v) is 4.98. The van der Waals surface area contributed by atoms with E-state index in [4.69, 9.17) is 4.74 Å². The number of fused-ring (bicyclic) bond motifs is 1. The summed E-state index contributed by atoms with van der Waals surface area (Å²) in [5, 5.41) is 6.17. The Morgan fingerprint density at radius 2 is 1.76 bits per heavy atom. The fraction of sp³-hybridized carbons (Fsp3) is 0.393. The van der Waals surface area contributed by atoms with Crippen LogP contribution in [0, 0.1) is 0 Å². The van der Waals surface area contributed by atoms with Gasteiger partial charge in [0.2, 0.25) is 5.91 Å². The van der Waals surface area contributed by atoms with E-state index in [0.29, 0.717) is 6.54 Å². The topological polar surface area (TPSA) is 44.8 Å². The largest absolute Gasteiger partial charge is 0.496 e. The van der Waals surface area contributed by atoms with Crippen molar-refractivity contribution in [3.05, 3.63) is 77.9 Å². The number of benzene rings is 3. The molecule has 1 heterocycles. The van der Waals surface area contributed by atoms with Crippen LogP contribution in [0.3, 0.4) is 0 Å². The number of methoxy groups -OCH3 is 1. The zero-order valence-corrected chi connectivity index (χ0v) is 20.0. The Morgan fingerprint density at radius 3 is 2.48 bits per heavy atom. The van der Waals surface area contributed by atoms with Gasteiger partial charge >= 0.3 is 0 Å². The SMILES string of the molecule is CCN(CC)C(=O)[C@@H]1C[C@@H](NCc2c(OC)ccc3ccccc23)CN1Cc1ccccc1. The van der Waals surface area contributed by atoms with Crippen LogP contribution in [0.4, 0.5) is 0 Å². The summed E-state index contributed by atoms with van der Waals surface area (Å²) in [5.41, 5.74) is 2.41. The predicted molar refractivity (Wildman–Crippen MR) is 134 cm³/mol. The van der Waals surface area contributed by atoms with Gasteiger partial charge in [0.1, 0.15) is 5.75 Å². The quantitative estimate of drug-likeness (QED) is 0.529. The maximum Gasteiger partial charge on any atom is 0.239 e. The van der Waals surface area contributed by atoms with Gasteiger partial charge in [0.05, 0.1) is 13.2 Å². The van der Waals surface area contributed by atoms with Gasteiger partial charge < -0.3 is 15.0 Å². The van der Waals surface area contributed by atoms with Crippen LogP contribution in [-0.4, -0.2) is 54.5 Å². The Morgan fingerprint density at radius 1 is 1.03 bits per heavy atom. The number of carbonyl (C=O) groups is 1. The van der Waals surface area contributed by atoms with Crippen molar-refractivity contribution in [3.8, 4) is 5.75 Å². The molecule has 1 fully saturated rings. The zero-order chi connectivity index (χ0) is 23.2. The average molecular weight is 446 g/mol. The Bertz CT molecular complexity index is 1070. The maximum atomic E-state index is 13.3. The molecule has 1 N–H and O–H groups in total. The van der Waals surface area contributed by atoms with Crippen LogP contribution in [0.25, 0.3) is 10.8 Å². The molecule has 0 saturated carbocycles. The molecule has 0 spiro atoms. The molecule has 0 bridgehead atoms. The van der Waals surface area contributed by atoms with Crippen LogP contribution in [-0.2, 0) is 17.9 Å². The van der Waals surface area contributed by atoms with E-state index in [9.17, 15) is 4.79 Å². The van der Waals surface area contributed by atoms with Crippen molar-refractivity contribution >= 4 is 16.7 Å². The number of nitrogens with zero attached hydrogens (tertiary/aromatic N) is 2. The Labute approximate surface area is 197 Å². The van der Waals surface area contributed by atoms with E-state index in [-0.39, 0.29) is 18.0 Å². The van der Waals surface area contributed by atoms with E-state index in [1.807, 2.05) is 17.0 Å². The first-order chi connectivity index (χ1) is 16.1. The third kappa shape index (κ3) is 5.21. The lowest BCUT2D eigenvalue weighted by molar-refractivity contribution is -0.135. The lowest BCUT2D eigenvalue weighted by atomic mass is 10.0. The lowest BCUT2D eigenvalue weighted by Crippen LogP contribution is -2.45. The smallest absolute Gasteiger partial charge is 0.239 e. The van der Waals surface area contributed by atoms with Crippen molar-refractivity contribution in [2.45, 2.75) is 45.4 Å². The Kier molecular flexibility index (Phi) is 7.63.